The van der Waals surface area contributed by atoms with Gasteiger partial charge in [0.15, 0.2) is 6.35 Å². The van der Waals surface area contributed by atoms with E-state index in [1.54, 1.807) is 0 Å². The second kappa shape index (κ2) is 12.3. The fraction of sp³-hybridized carbons (Fsp3) is 0.688. The summed E-state index contributed by atoms with van der Waals surface area (Å²) in [6, 6.07) is 11.6. The predicted octanol–water partition coefficient (Wildman–Crippen LogP) is 3.59. The van der Waals surface area contributed by atoms with Crippen LogP contribution in [-0.2, 0) is 16.0 Å². The Morgan fingerprint density at radius 1 is 1.22 bits per heavy atom. The summed E-state index contributed by atoms with van der Waals surface area (Å²) in [4.78, 5) is 19.3. The number of nitrogens with one attached hydrogen (secondary N) is 2. The van der Waals surface area contributed by atoms with Gasteiger partial charge in [-0.25, -0.2) is 0 Å². The molecule has 9 heteroatoms. The third kappa shape index (κ3) is 5.70. The molecule has 1 aromatic carbocycles. The minimum absolute atomic E-state index is 0.0171. The number of aryl methyl sites for hydroxylation is 1. The van der Waals surface area contributed by atoms with Crippen LogP contribution in [0.4, 0.5) is 0 Å². The van der Waals surface area contributed by atoms with Crippen molar-refractivity contribution >= 4 is 17.5 Å². The number of benzene rings is 1. The van der Waals surface area contributed by atoms with Gasteiger partial charge in [-0.2, -0.15) is 5.26 Å². The molecule has 0 bridgehead atoms. The number of hydrogen-bond donors (Lipinski definition) is 2. The van der Waals surface area contributed by atoms with Gasteiger partial charge in [0.25, 0.3) is 0 Å². The Morgan fingerprint density at radius 2 is 2.07 bits per heavy atom. The first-order valence-corrected chi connectivity index (χ1v) is 16.0. The maximum atomic E-state index is 12.6. The van der Waals surface area contributed by atoms with E-state index in [9.17, 15) is 10.1 Å². The van der Waals surface area contributed by atoms with Crippen LogP contribution in [0.1, 0.15) is 61.4 Å². The van der Waals surface area contributed by atoms with Crippen LogP contribution in [0.25, 0.3) is 0 Å². The fourth-order valence-electron chi connectivity index (χ4n) is 8.42. The Bertz CT molecular complexity index is 1160. The van der Waals surface area contributed by atoms with Gasteiger partial charge in [0.05, 0.1) is 36.7 Å². The maximum Gasteiger partial charge on any atom is 0.246 e. The zero-order valence-corrected chi connectivity index (χ0v) is 25.1. The molecule has 2 N–H and O–H groups in total. The van der Waals surface area contributed by atoms with E-state index in [2.05, 4.69) is 64.4 Å². The van der Waals surface area contributed by atoms with Crippen molar-refractivity contribution in [1.82, 2.24) is 25.3 Å². The number of carbonyl (C=O) groups excluding carboxylic acids is 1. The molecular formula is C32H45ClN6O2. The molecule has 6 rings (SSSR count). The van der Waals surface area contributed by atoms with Gasteiger partial charge in [-0.15, -0.1) is 11.6 Å². The van der Waals surface area contributed by atoms with Crippen LogP contribution in [0, 0.1) is 22.7 Å². The van der Waals surface area contributed by atoms with E-state index in [0.717, 1.165) is 45.2 Å². The quantitative estimate of drug-likeness (QED) is 0.393. The minimum Gasteiger partial charge on any atom is -0.348 e. The zero-order valence-electron chi connectivity index (χ0n) is 24.3. The van der Waals surface area contributed by atoms with E-state index < -0.39 is 0 Å². The topological polar surface area (TPSA) is 83.9 Å². The third-order valence-electron chi connectivity index (χ3n) is 10.8. The number of nitrogens with zero attached hydrogens (tertiary/aromatic N) is 4. The summed E-state index contributed by atoms with van der Waals surface area (Å²) in [6.45, 7) is 7.54. The lowest BCUT2D eigenvalue weighted by atomic mass is 9.59. The predicted molar refractivity (Wildman–Crippen MR) is 160 cm³/mol. The Labute approximate surface area is 250 Å². The summed E-state index contributed by atoms with van der Waals surface area (Å²) in [5.41, 5.74) is 2.78. The van der Waals surface area contributed by atoms with Crippen LogP contribution in [0.15, 0.2) is 36.9 Å². The number of rotatable bonds is 6. The van der Waals surface area contributed by atoms with Crippen molar-refractivity contribution in [3.05, 3.63) is 48.0 Å². The van der Waals surface area contributed by atoms with Gasteiger partial charge in [0.2, 0.25) is 5.91 Å². The average molecular weight is 581 g/mol. The summed E-state index contributed by atoms with van der Waals surface area (Å²) in [5.74, 6) is 0.299. The Kier molecular flexibility index (Phi) is 8.74. The molecule has 222 valence electrons. The lowest BCUT2D eigenvalue weighted by Gasteiger charge is -2.57. The highest BCUT2D eigenvalue weighted by atomic mass is 35.5. The molecule has 0 radical (unpaired) electrons. The van der Waals surface area contributed by atoms with Crippen LogP contribution >= 0.6 is 11.6 Å². The van der Waals surface area contributed by atoms with Crippen molar-refractivity contribution in [3.8, 4) is 6.07 Å². The summed E-state index contributed by atoms with van der Waals surface area (Å²) < 4.78 is 6.56. The molecule has 0 aromatic heterocycles. The monoisotopic (exact) mass is 580 g/mol. The van der Waals surface area contributed by atoms with Crippen molar-refractivity contribution < 1.29 is 9.53 Å². The molecule has 8 atom stereocenters. The molecule has 5 aliphatic rings. The summed E-state index contributed by atoms with van der Waals surface area (Å²) in [7, 11) is 2.19. The second-order valence-electron chi connectivity index (χ2n) is 13.0. The number of hydrogen-bond acceptors (Lipinski definition) is 7. The SMILES string of the molecule is C=CC(=O)N1CCN(C2NC(OCC3CCCN3C)NC3C[C@]4(CCc5ccccc5C4Cl)CCC32)CC1CC#N. The van der Waals surface area contributed by atoms with Crippen LogP contribution in [0.5, 0.6) is 0 Å². The van der Waals surface area contributed by atoms with Crippen molar-refractivity contribution in [2.45, 2.75) is 87.4 Å². The number of carbonyl (C=O) groups is 1. The smallest absolute Gasteiger partial charge is 0.246 e. The summed E-state index contributed by atoms with van der Waals surface area (Å²) in [6.07, 6.45) is 9.34. The van der Waals surface area contributed by atoms with Crippen LogP contribution < -0.4 is 10.6 Å². The largest absolute Gasteiger partial charge is 0.348 e. The van der Waals surface area contributed by atoms with E-state index in [0.29, 0.717) is 38.1 Å². The highest BCUT2D eigenvalue weighted by Crippen LogP contribution is 2.57. The van der Waals surface area contributed by atoms with Crippen molar-refractivity contribution in [1.29, 1.82) is 5.26 Å². The van der Waals surface area contributed by atoms with E-state index in [1.807, 2.05) is 4.90 Å². The molecule has 1 saturated carbocycles. The molecule has 1 aromatic rings. The fourth-order valence-corrected chi connectivity index (χ4v) is 8.94. The first-order valence-electron chi connectivity index (χ1n) is 15.5. The van der Waals surface area contributed by atoms with Crippen molar-refractivity contribution in [2.24, 2.45) is 11.3 Å². The van der Waals surface area contributed by atoms with Crippen LogP contribution in [0.3, 0.4) is 0 Å². The van der Waals surface area contributed by atoms with Gasteiger partial charge in [0.1, 0.15) is 0 Å². The van der Waals surface area contributed by atoms with Crippen LogP contribution in [0.2, 0.25) is 0 Å². The molecule has 41 heavy (non-hydrogen) atoms. The molecule has 4 fully saturated rings. The molecule has 8 nitrogen and oxygen atoms in total. The van der Waals surface area contributed by atoms with Gasteiger partial charge < -0.3 is 14.5 Å². The number of likely N-dealkylation sites (tertiary alicyclic amines) is 1. The Morgan fingerprint density at radius 3 is 2.85 bits per heavy atom. The molecule has 3 saturated heterocycles. The molecule has 1 spiro atoms. The maximum absolute atomic E-state index is 12.6. The number of amides is 1. The lowest BCUT2D eigenvalue weighted by Crippen LogP contribution is -2.72. The number of piperazine rings is 1. The van der Waals surface area contributed by atoms with E-state index in [-0.39, 0.29) is 41.3 Å². The molecule has 3 heterocycles. The number of likely N-dealkylation sites (N-methyl/N-ethyl adjacent to an activating group) is 1. The van der Waals surface area contributed by atoms with E-state index in [4.69, 9.17) is 16.3 Å². The molecule has 3 aliphatic heterocycles. The van der Waals surface area contributed by atoms with Gasteiger partial charge in [-0.3, -0.25) is 20.3 Å². The molecule has 1 amide bonds. The molecule has 2 aliphatic carbocycles. The van der Waals surface area contributed by atoms with E-state index in [1.165, 1.54) is 30.0 Å². The highest BCUT2D eigenvalue weighted by molar-refractivity contribution is 6.21. The second-order valence-corrected chi connectivity index (χ2v) is 13.4. The highest BCUT2D eigenvalue weighted by Gasteiger charge is 2.52. The van der Waals surface area contributed by atoms with Gasteiger partial charge in [-0.05, 0) is 81.2 Å². The van der Waals surface area contributed by atoms with Gasteiger partial charge in [0, 0.05) is 37.6 Å². The third-order valence-corrected chi connectivity index (χ3v) is 11.5. The minimum atomic E-state index is -0.252. The van der Waals surface area contributed by atoms with Gasteiger partial charge >= 0.3 is 0 Å². The molecule has 7 unspecified atom stereocenters. The number of fused-ring (bicyclic) bond motifs is 2. The Balaban J connectivity index is 1.22. The normalized spacial score (nSPS) is 37.8. The number of halogens is 1. The lowest BCUT2D eigenvalue weighted by molar-refractivity contribution is -0.137. The number of ether oxygens (including phenoxy) is 1. The number of alkyl halides is 1. The summed E-state index contributed by atoms with van der Waals surface area (Å²) in [5, 5.41) is 17.3. The number of nitriles is 1. The van der Waals surface area contributed by atoms with E-state index >= 15 is 0 Å². The average Bonchev–Trinajstić information content (AvgIpc) is 3.41. The van der Waals surface area contributed by atoms with Gasteiger partial charge in [-0.1, -0.05) is 30.8 Å². The molecular weight excluding hydrogens is 536 g/mol. The standard InChI is InChI=1S/C32H45ClN6O2/c1-3-28(40)39-18-17-38(20-23(39)12-15-34)30-26-11-14-32(13-10-22-7-4-5-9-25(22)29(32)33)19-27(26)35-31(36-30)41-21-24-8-6-16-37(24)2/h3-5,7,9,23-24,26-27,29-31,35-36H,1,6,8,10-14,16-21H2,2H3/t23?,24?,26?,27?,29?,30?,31?,32-/m0/s1. The summed E-state index contributed by atoms with van der Waals surface area (Å²) >= 11 is 7.35. The van der Waals surface area contributed by atoms with Crippen LogP contribution in [-0.4, -0.2) is 91.1 Å². The van der Waals surface area contributed by atoms with Crippen molar-refractivity contribution in [3.63, 3.8) is 0 Å². The Hall–Kier alpha value is -1.99. The first-order chi connectivity index (χ1) is 19.9. The zero-order chi connectivity index (χ0) is 28.6. The van der Waals surface area contributed by atoms with Crippen molar-refractivity contribution in [2.75, 3.05) is 39.8 Å². The first kappa shape index (κ1) is 29.1.